The van der Waals surface area contributed by atoms with Gasteiger partial charge in [-0.15, -0.1) is 0 Å². The van der Waals surface area contributed by atoms with Crippen molar-refractivity contribution < 1.29 is 23.2 Å². The van der Waals surface area contributed by atoms with Crippen molar-refractivity contribution in [2.24, 2.45) is 0 Å². The number of methoxy groups -OCH3 is 1. The highest BCUT2D eigenvalue weighted by Crippen LogP contribution is 2.18. The first-order valence-corrected chi connectivity index (χ1v) is 8.51. The molecule has 0 atom stereocenters. The summed E-state index contributed by atoms with van der Waals surface area (Å²) in [5.41, 5.74) is 1.21. The van der Waals surface area contributed by atoms with E-state index in [2.05, 4.69) is 5.16 Å². The number of carbonyl (C=O) groups excluding carboxylic acids is 2. The summed E-state index contributed by atoms with van der Waals surface area (Å²) in [5, 5.41) is 3.72. The molecule has 1 aliphatic rings. The Bertz CT molecular complexity index is 870. The summed E-state index contributed by atoms with van der Waals surface area (Å²) < 4.78 is 23.5. The number of aromatic nitrogens is 1. The number of amides is 2. The van der Waals surface area contributed by atoms with E-state index in [0.717, 1.165) is 0 Å². The van der Waals surface area contributed by atoms with Gasteiger partial charge in [0.15, 0.2) is 11.6 Å². The smallest absolute Gasteiger partial charge is 0.292 e. The lowest BCUT2D eigenvalue weighted by Crippen LogP contribution is -2.50. The van der Waals surface area contributed by atoms with E-state index in [4.69, 9.17) is 9.26 Å². The number of ether oxygens (including phenoxy) is 1. The third kappa shape index (κ3) is 4.33. The fraction of sp³-hybridized carbons (Fsp3) is 0.316. The first-order chi connectivity index (χ1) is 13.0. The van der Waals surface area contributed by atoms with Gasteiger partial charge in [0, 0.05) is 38.3 Å². The highest BCUT2D eigenvalue weighted by Gasteiger charge is 2.26. The Morgan fingerprint density at radius 1 is 1.19 bits per heavy atom. The molecule has 1 aromatic carbocycles. The van der Waals surface area contributed by atoms with Crippen molar-refractivity contribution >= 4 is 17.9 Å². The molecule has 2 heterocycles. The number of carbonyl (C=O) groups is 2. The molecule has 0 unspecified atom stereocenters. The minimum absolute atomic E-state index is 0.154. The molecule has 1 fully saturated rings. The van der Waals surface area contributed by atoms with Crippen molar-refractivity contribution in [1.29, 1.82) is 0 Å². The van der Waals surface area contributed by atoms with Crippen LogP contribution in [0.1, 0.15) is 21.8 Å². The van der Waals surface area contributed by atoms with E-state index in [-0.39, 0.29) is 23.3 Å². The van der Waals surface area contributed by atoms with Crippen molar-refractivity contribution in [2.45, 2.75) is 6.92 Å². The average molecular weight is 373 g/mol. The van der Waals surface area contributed by atoms with Gasteiger partial charge >= 0.3 is 0 Å². The Balaban J connectivity index is 1.55. The molecule has 27 heavy (non-hydrogen) atoms. The van der Waals surface area contributed by atoms with Gasteiger partial charge in [0.25, 0.3) is 5.91 Å². The molecule has 2 aromatic rings. The number of aryl methyl sites for hydroxylation is 1. The van der Waals surface area contributed by atoms with Crippen molar-refractivity contribution in [3.63, 3.8) is 0 Å². The summed E-state index contributed by atoms with van der Waals surface area (Å²) in [6, 6.07) is 6.08. The van der Waals surface area contributed by atoms with Gasteiger partial charge in [-0.25, -0.2) is 4.39 Å². The Hall–Kier alpha value is -3.16. The molecule has 8 heteroatoms. The first kappa shape index (κ1) is 18.6. The molecule has 1 aliphatic heterocycles. The van der Waals surface area contributed by atoms with Crippen molar-refractivity contribution in [1.82, 2.24) is 15.0 Å². The molecular formula is C19H20FN3O4. The van der Waals surface area contributed by atoms with E-state index in [1.54, 1.807) is 34.9 Å². The first-order valence-electron chi connectivity index (χ1n) is 8.51. The Morgan fingerprint density at radius 2 is 1.89 bits per heavy atom. The van der Waals surface area contributed by atoms with Gasteiger partial charge in [-0.05, 0) is 30.7 Å². The summed E-state index contributed by atoms with van der Waals surface area (Å²) >= 11 is 0. The van der Waals surface area contributed by atoms with Crippen LogP contribution >= 0.6 is 0 Å². The van der Waals surface area contributed by atoms with Crippen LogP contribution in [0.25, 0.3) is 6.08 Å². The molecule has 1 saturated heterocycles. The molecule has 0 saturated carbocycles. The molecule has 0 spiro atoms. The monoisotopic (exact) mass is 373 g/mol. The summed E-state index contributed by atoms with van der Waals surface area (Å²) in [6.45, 7) is 3.40. The van der Waals surface area contributed by atoms with E-state index < -0.39 is 5.82 Å². The summed E-state index contributed by atoms with van der Waals surface area (Å²) in [5.74, 6) is -0.544. The second kappa shape index (κ2) is 8.03. The maximum Gasteiger partial charge on any atom is 0.292 e. The van der Waals surface area contributed by atoms with E-state index in [1.165, 1.54) is 25.3 Å². The van der Waals surface area contributed by atoms with Gasteiger partial charge in [0.2, 0.25) is 11.7 Å². The number of nitrogens with zero attached hydrogens (tertiary/aromatic N) is 3. The fourth-order valence-corrected chi connectivity index (χ4v) is 2.81. The number of halogens is 1. The van der Waals surface area contributed by atoms with Crippen LogP contribution in [0.4, 0.5) is 4.39 Å². The minimum Gasteiger partial charge on any atom is -0.494 e. The van der Waals surface area contributed by atoms with Crippen molar-refractivity contribution in [2.75, 3.05) is 33.3 Å². The maximum atomic E-state index is 13.7. The van der Waals surface area contributed by atoms with Crippen LogP contribution in [-0.4, -0.2) is 60.1 Å². The second-order valence-electron chi connectivity index (χ2n) is 6.18. The van der Waals surface area contributed by atoms with Gasteiger partial charge in [-0.1, -0.05) is 11.2 Å². The number of rotatable bonds is 4. The number of hydrogen-bond acceptors (Lipinski definition) is 5. The number of piperazine rings is 1. The molecule has 2 amide bonds. The Morgan fingerprint density at radius 3 is 2.48 bits per heavy atom. The fourth-order valence-electron chi connectivity index (χ4n) is 2.81. The van der Waals surface area contributed by atoms with Gasteiger partial charge in [0.1, 0.15) is 0 Å². The quantitative estimate of drug-likeness (QED) is 0.768. The van der Waals surface area contributed by atoms with E-state index in [1.807, 2.05) is 0 Å². The largest absolute Gasteiger partial charge is 0.494 e. The second-order valence-corrected chi connectivity index (χ2v) is 6.18. The predicted octanol–water partition coefficient (Wildman–Crippen LogP) is 2.13. The molecule has 0 aliphatic carbocycles. The van der Waals surface area contributed by atoms with E-state index in [0.29, 0.717) is 37.4 Å². The third-order valence-corrected chi connectivity index (χ3v) is 4.31. The van der Waals surface area contributed by atoms with Gasteiger partial charge in [-0.2, -0.15) is 0 Å². The SMILES string of the molecule is COc1ccc(C=CC(=O)N2CCN(C(=O)c3cc(C)no3)CC2)cc1F. The molecule has 0 bridgehead atoms. The van der Waals surface area contributed by atoms with Crippen LogP contribution in [0, 0.1) is 12.7 Å². The van der Waals surface area contributed by atoms with Crippen LogP contribution < -0.4 is 4.74 Å². The average Bonchev–Trinajstić information content (AvgIpc) is 3.12. The van der Waals surface area contributed by atoms with Crippen LogP contribution in [0.5, 0.6) is 5.75 Å². The number of hydrogen-bond donors (Lipinski definition) is 0. The normalized spacial score (nSPS) is 14.6. The van der Waals surface area contributed by atoms with Gasteiger partial charge in [-0.3, -0.25) is 9.59 Å². The molecule has 7 nitrogen and oxygen atoms in total. The summed E-state index contributed by atoms with van der Waals surface area (Å²) in [6.07, 6.45) is 2.96. The Labute approximate surface area is 156 Å². The molecule has 3 rings (SSSR count). The summed E-state index contributed by atoms with van der Waals surface area (Å²) in [7, 11) is 1.39. The lowest BCUT2D eigenvalue weighted by Gasteiger charge is -2.33. The molecular weight excluding hydrogens is 353 g/mol. The summed E-state index contributed by atoms with van der Waals surface area (Å²) in [4.78, 5) is 27.9. The highest BCUT2D eigenvalue weighted by molar-refractivity contribution is 5.93. The third-order valence-electron chi connectivity index (χ3n) is 4.31. The number of benzene rings is 1. The lowest BCUT2D eigenvalue weighted by atomic mass is 10.2. The van der Waals surface area contributed by atoms with Crippen molar-refractivity contribution in [3.8, 4) is 5.75 Å². The van der Waals surface area contributed by atoms with Crippen LogP contribution in [0.2, 0.25) is 0 Å². The minimum atomic E-state index is -0.484. The zero-order valence-electron chi connectivity index (χ0n) is 15.1. The van der Waals surface area contributed by atoms with E-state index >= 15 is 0 Å². The van der Waals surface area contributed by atoms with Gasteiger partial charge < -0.3 is 19.1 Å². The molecule has 0 N–H and O–H groups in total. The maximum absolute atomic E-state index is 13.7. The molecule has 1 aromatic heterocycles. The molecule has 0 radical (unpaired) electrons. The standard InChI is InChI=1S/C19H20FN3O4/c1-13-11-17(27-21-13)19(25)23-9-7-22(8-10-23)18(24)6-4-14-3-5-16(26-2)15(20)12-14/h3-6,11-12H,7-10H2,1-2H3. The van der Waals surface area contributed by atoms with E-state index in [9.17, 15) is 14.0 Å². The highest BCUT2D eigenvalue weighted by atomic mass is 19.1. The van der Waals surface area contributed by atoms with Crippen molar-refractivity contribution in [3.05, 3.63) is 53.2 Å². The zero-order valence-corrected chi connectivity index (χ0v) is 15.1. The Kier molecular flexibility index (Phi) is 5.54. The molecule has 142 valence electrons. The van der Waals surface area contributed by atoms with Crippen LogP contribution in [-0.2, 0) is 4.79 Å². The zero-order chi connectivity index (χ0) is 19.4. The topological polar surface area (TPSA) is 75.9 Å². The predicted molar refractivity (Wildman–Crippen MR) is 95.7 cm³/mol. The lowest BCUT2D eigenvalue weighted by molar-refractivity contribution is -0.127. The van der Waals surface area contributed by atoms with Crippen LogP contribution in [0.15, 0.2) is 34.9 Å². The van der Waals surface area contributed by atoms with Crippen LogP contribution in [0.3, 0.4) is 0 Å². The van der Waals surface area contributed by atoms with Gasteiger partial charge in [0.05, 0.1) is 12.8 Å².